The minimum atomic E-state index is -0.0609. The van der Waals surface area contributed by atoms with Gasteiger partial charge in [-0.05, 0) is 41.2 Å². The molecule has 0 radical (unpaired) electrons. The van der Waals surface area contributed by atoms with E-state index < -0.39 is 0 Å². The van der Waals surface area contributed by atoms with Crippen LogP contribution in [-0.4, -0.2) is 12.5 Å². The quantitative estimate of drug-likeness (QED) is 0.116. The molecule has 0 saturated heterocycles. The van der Waals surface area contributed by atoms with Crippen molar-refractivity contribution < 1.29 is 31.1 Å². The van der Waals surface area contributed by atoms with Gasteiger partial charge in [0.25, 0.3) is 0 Å². The van der Waals surface area contributed by atoms with Crippen LogP contribution in [-0.2, 0) is 23.2 Å². The standard InChI is InChI=1S/C36H52N2O2S.BrH/c1-5-6-7-8-9-10-11-12-13-14-15-16-24-40-34-22-19-31(26-33(34)36(2,3)4)27-35(39)37-32-20-17-30(18-21-32)28-38-23-25-41-29-38;/h17-23,25-26,29H,5-16,24,27-28H2,1-4H3;1H. The fraction of sp³-hybridized carbons (Fsp3) is 0.556. The molecule has 1 heterocycles. The first-order valence-electron chi connectivity index (χ1n) is 15.9. The average molecular weight is 658 g/mol. The average Bonchev–Trinajstić information content (AvgIpc) is 3.45. The molecule has 1 amide bonds. The van der Waals surface area contributed by atoms with Gasteiger partial charge in [-0.2, -0.15) is 4.57 Å². The SMILES string of the molecule is CCCCCCCCCCCCCCOc1ccc(CC(=O)Nc2ccc(C[n+]3ccsc3)cc2)cc1C(C)(C)C.[Br-]. The Labute approximate surface area is 270 Å². The molecule has 0 atom stereocenters. The summed E-state index contributed by atoms with van der Waals surface area (Å²) in [6.45, 7) is 10.5. The van der Waals surface area contributed by atoms with Crippen LogP contribution in [0.5, 0.6) is 5.75 Å². The molecule has 0 unspecified atom stereocenters. The van der Waals surface area contributed by atoms with E-state index in [1.165, 1.54) is 76.2 Å². The second-order valence-corrected chi connectivity index (χ2v) is 13.2. The van der Waals surface area contributed by atoms with Crippen molar-refractivity contribution in [1.82, 2.24) is 0 Å². The van der Waals surface area contributed by atoms with Crippen molar-refractivity contribution in [3.05, 3.63) is 76.2 Å². The third kappa shape index (κ3) is 13.9. The molecule has 1 aromatic heterocycles. The first-order valence-corrected chi connectivity index (χ1v) is 16.9. The first kappa shape index (κ1) is 36.0. The highest BCUT2D eigenvalue weighted by molar-refractivity contribution is 7.07. The van der Waals surface area contributed by atoms with Crippen molar-refractivity contribution in [1.29, 1.82) is 0 Å². The molecular formula is C36H53BrN2O2S. The van der Waals surface area contributed by atoms with E-state index in [1.807, 2.05) is 18.2 Å². The third-order valence-corrected chi connectivity index (χ3v) is 8.27. The number of ether oxygens (including phenoxy) is 1. The van der Waals surface area contributed by atoms with Crippen molar-refractivity contribution in [2.75, 3.05) is 11.9 Å². The van der Waals surface area contributed by atoms with Crippen LogP contribution in [0.15, 0.2) is 59.6 Å². The zero-order chi connectivity index (χ0) is 29.3. The van der Waals surface area contributed by atoms with Crippen LogP contribution in [0.1, 0.15) is 121 Å². The summed E-state index contributed by atoms with van der Waals surface area (Å²) < 4.78 is 8.41. The smallest absolute Gasteiger partial charge is 0.228 e. The normalized spacial score (nSPS) is 11.2. The predicted octanol–water partition coefficient (Wildman–Crippen LogP) is 6.65. The summed E-state index contributed by atoms with van der Waals surface area (Å²) in [5, 5.41) is 5.12. The second-order valence-electron chi connectivity index (χ2n) is 12.4. The third-order valence-electron chi connectivity index (χ3n) is 7.60. The molecule has 0 aliphatic heterocycles. The molecule has 42 heavy (non-hydrogen) atoms. The Bertz CT molecular complexity index is 1140. The highest BCUT2D eigenvalue weighted by Gasteiger charge is 2.20. The minimum Gasteiger partial charge on any atom is -1.00 e. The topological polar surface area (TPSA) is 42.2 Å². The van der Waals surface area contributed by atoms with Crippen molar-refractivity contribution in [3.8, 4) is 5.75 Å². The van der Waals surface area contributed by atoms with E-state index in [0.717, 1.165) is 42.1 Å². The van der Waals surface area contributed by atoms with Gasteiger partial charge in [-0.25, -0.2) is 0 Å². The number of unbranched alkanes of at least 4 members (excludes halogenated alkanes) is 11. The molecule has 3 aromatic rings. The zero-order valence-electron chi connectivity index (χ0n) is 26.4. The summed E-state index contributed by atoms with van der Waals surface area (Å²) in [7, 11) is 0. The number of halogens is 1. The first-order chi connectivity index (χ1) is 19.8. The van der Waals surface area contributed by atoms with E-state index in [2.05, 4.69) is 78.9 Å². The number of thiazole rings is 1. The summed E-state index contributed by atoms with van der Waals surface area (Å²) in [5.41, 5.74) is 6.24. The lowest BCUT2D eigenvalue weighted by atomic mass is 9.85. The van der Waals surface area contributed by atoms with Gasteiger partial charge in [0.15, 0.2) is 12.7 Å². The van der Waals surface area contributed by atoms with Gasteiger partial charge in [-0.3, -0.25) is 4.79 Å². The number of hydrogen-bond donors (Lipinski definition) is 1. The van der Waals surface area contributed by atoms with Gasteiger partial charge in [0, 0.05) is 11.3 Å². The second kappa shape index (κ2) is 19.9. The summed E-state index contributed by atoms with van der Waals surface area (Å²) in [4.78, 5) is 12.8. The molecule has 0 saturated carbocycles. The molecule has 0 bridgehead atoms. The van der Waals surface area contributed by atoms with Gasteiger partial charge in [0.2, 0.25) is 11.4 Å². The molecule has 0 spiro atoms. The van der Waals surface area contributed by atoms with Gasteiger partial charge >= 0.3 is 0 Å². The number of nitrogens with one attached hydrogen (secondary N) is 1. The lowest BCUT2D eigenvalue weighted by molar-refractivity contribution is -0.683. The summed E-state index contributed by atoms with van der Waals surface area (Å²) >= 11 is 1.68. The van der Waals surface area contributed by atoms with Crippen LogP contribution < -0.4 is 31.6 Å². The Morgan fingerprint density at radius 3 is 2.00 bits per heavy atom. The van der Waals surface area contributed by atoms with E-state index in [4.69, 9.17) is 4.74 Å². The van der Waals surface area contributed by atoms with Crippen molar-refractivity contribution in [2.24, 2.45) is 0 Å². The fourth-order valence-corrected chi connectivity index (χ4v) is 5.77. The Morgan fingerprint density at radius 2 is 1.43 bits per heavy atom. The van der Waals surface area contributed by atoms with Crippen LogP contribution in [0, 0.1) is 0 Å². The molecule has 0 aliphatic carbocycles. The lowest BCUT2D eigenvalue weighted by Gasteiger charge is -2.24. The maximum absolute atomic E-state index is 12.8. The van der Waals surface area contributed by atoms with E-state index in [0.29, 0.717) is 6.42 Å². The van der Waals surface area contributed by atoms with Gasteiger partial charge in [-0.15, -0.1) is 0 Å². The van der Waals surface area contributed by atoms with Crippen LogP contribution in [0.4, 0.5) is 5.69 Å². The molecule has 4 nitrogen and oxygen atoms in total. The van der Waals surface area contributed by atoms with E-state index in [1.54, 1.807) is 11.3 Å². The Kier molecular flexibility index (Phi) is 17.1. The monoisotopic (exact) mass is 656 g/mol. The summed E-state index contributed by atoms with van der Waals surface area (Å²) in [6, 6.07) is 14.3. The largest absolute Gasteiger partial charge is 1.00 e. The summed E-state index contributed by atoms with van der Waals surface area (Å²) in [6.07, 6.45) is 18.5. The number of carbonyl (C=O) groups excluding carboxylic acids is 1. The van der Waals surface area contributed by atoms with Gasteiger partial charge < -0.3 is 27.0 Å². The molecule has 2 aromatic carbocycles. The molecular weight excluding hydrogens is 604 g/mol. The van der Waals surface area contributed by atoms with Gasteiger partial charge in [0.1, 0.15) is 5.75 Å². The molecule has 6 heteroatoms. The minimum absolute atomic E-state index is 0. The number of rotatable bonds is 19. The maximum Gasteiger partial charge on any atom is 0.228 e. The van der Waals surface area contributed by atoms with Crippen LogP contribution in [0.25, 0.3) is 0 Å². The number of hydrogen-bond acceptors (Lipinski definition) is 3. The molecule has 3 rings (SSSR count). The zero-order valence-corrected chi connectivity index (χ0v) is 28.8. The van der Waals surface area contributed by atoms with E-state index in [-0.39, 0.29) is 28.3 Å². The molecule has 0 fully saturated rings. The van der Waals surface area contributed by atoms with Crippen LogP contribution >= 0.6 is 11.3 Å². The number of nitrogens with zero attached hydrogens (tertiary/aromatic N) is 1. The fourth-order valence-electron chi connectivity index (χ4n) is 5.17. The number of anilines is 1. The van der Waals surface area contributed by atoms with Crippen molar-refractivity contribution >= 4 is 22.9 Å². The molecule has 1 N–H and O–H groups in total. The highest BCUT2D eigenvalue weighted by atomic mass is 79.9. The van der Waals surface area contributed by atoms with Crippen molar-refractivity contribution in [3.63, 3.8) is 0 Å². The number of aromatic nitrogens is 1. The molecule has 232 valence electrons. The highest BCUT2D eigenvalue weighted by Crippen LogP contribution is 2.32. The number of amides is 1. The van der Waals surface area contributed by atoms with Gasteiger partial charge in [-0.1, -0.05) is 134 Å². The molecule has 0 aliphatic rings. The Hall–Kier alpha value is -2.18. The number of benzene rings is 2. The summed E-state index contributed by atoms with van der Waals surface area (Å²) in [5.74, 6) is 0.943. The Morgan fingerprint density at radius 1 is 0.833 bits per heavy atom. The van der Waals surface area contributed by atoms with Crippen LogP contribution in [0.2, 0.25) is 0 Å². The number of carbonyl (C=O) groups is 1. The van der Waals surface area contributed by atoms with Crippen LogP contribution in [0.3, 0.4) is 0 Å². The lowest BCUT2D eigenvalue weighted by Crippen LogP contribution is -3.00. The van der Waals surface area contributed by atoms with E-state index in [9.17, 15) is 4.79 Å². The van der Waals surface area contributed by atoms with E-state index >= 15 is 0 Å². The Balaban J connectivity index is 0.00000616. The predicted molar refractivity (Wildman–Crippen MR) is 174 cm³/mol. The van der Waals surface area contributed by atoms with Gasteiger partial charge in [0.05, 0.1) is 18.4 Å². The van der Waals surface area contributed by atoms with Crippen molar-refractivity contribution in [2.45, 2.75) is 123 Å². The maximum atomic E-state index is 12.8.